The Morgan fingerprint density at radius 3 is 1.50 bits per heavy atom. The number of hydrogen-bond donors (Lipinski definition) is 2. The van der Waals surface area contributed by atoms with Gasteiger partial charge in [0.2, 0.25) is 0 Å². The molecule has 0 saturated carbocycles. The van der Waals surface area contributed by atoms with Crippen molar-refractivity contribution in [1.82, 2.24) is 0 Å². The first-order valence-electron chi connectivity index (χ1n) is 8.92. The van der Waals surface area contributed by atoms with Crippen LogP contribution in [0.1, 0.15) is 97.8 Å². The van der Waals surface area contributed by atoms with Gasteiger partial charge in [-0.05, 0) is 31.6 Å². The first kappa shape index (κ1) is 19.9. The fourth-order valence-electron chi connectivity index (χ4n) is 2.59. The fourth-order valence-corrected chi connectivity index (χ4v) is 2.59. The van der Waals surface area contributed by atoms with Gasteiger partial charge in [-0.25, -0.2) is 0 Å². The van der Waals surface area contributed by atoms with Crippen LogP contribution in [-0.2, 0) is 0 Å². The minimum absolute atomic E-state index is 0.206. The highest BCUT2D eigenvalue weighted by molar-refractivity contribution is 4.62. The van der Waals surface area contributed by atoms with E-state index in [4.69, 9.17) is 0 Å². The zero-order valence-electron chi connectivity index (χ0n) is 14.1. The molecule has 0 rings (SSSR count). The van der Waals surface area contributed by atoms with E-state index >= 15 is 0 Å². The van der Waals surface area contributed by atoms with Crippen molar-refractivity contribution in [2.45, 2.75) is 110 Å². The van der Waals surface area contributed by atoms with E-state index in [1.54, 1.807) is 0 Å². The quantitative estimate of drug-likeness (QED) is 0.438. The molecule has 0 radical (unpaired) electrons. The third-order valence-electron chi connectivity index (χ3n) is 4.04. The van der Waals surface area contributed by atoms with E-state index in [9.17, 15) is 10.2 Å². The zero-order chi connectivity index (χ0) is 15.2. The molecule has 2 heteroatoms. The smallest absolute Gasteiger partial charge is 0.0541 e. The second kappa shape index (κ2) is 13.9. The van der Waals surface area contributed by atoms with E-state index in [0.29, 0.717) is 0 Å². The molecular formula is C18H38O2. The van der Waals surface area contributed by atoms with Crippen LogP contribution >= 0.6 is 0 Å². The number of rotatable bonds is 14. The summed E-state index contributed by atoms with van der Waals surface area (Å²) in [7, 11) is 0. The third kappa shape index (κ3) is 14.3. The van der Waals surface area contributed by atoms with Gasteiger partial charge in [-0.2, -0.15) is 0 Å². The molecule has 2 nitrogen and oxygen atoms in total. The lowest BCUT2D eigenvalue weighted by atomic mass is 10.00. The van der Waals surface area contributed by atoms with Crippen LogP contribution in [0.3, 0.4) is 0 Å². The van der Waals surface area contributed by atoms with Gasteiger partial charge >= 0.3 is 0 Å². The first-order valence-corrected chi connectivity index (χ1v) is 8.92. The molecule has 0 saturated heterocycles. The summed E-state index contributed by atoms with van der Waals surface area (Å²) in [5.41, 5.74) is 0. The molecule has 2 N–H and O–H groups in total. The molecular weight excluding hydrogens is 248 g/mol. The first-order chi connectivity index (χ1) is 9.56. The molecule has 122 valence electrons. The maximum Gasteiger partial charge on any atom is 0.0541 e. The van der Waals surface area contributed by atoms with Crippen LogP contribution in [0, 0.1) is 5.92 Å². The Balaban J connectivity index is 3.33. The Morgan fingerprint density at radius 1 is 0.600 bits per heavy atom. The van der Waals surface area contributed by atoms with Crippen LogP contribution in [0.4, 0.5) is 0 Å². The van der Waals surface area contributed by atoms with Crippen LogP contribution < -0.4 is 0 Å². The standard InChI is InChI=1S/C18H38O2/c1-4-5-8-12-17(19)14-15-18(20)13-10-7-6-9-11-16(2)3/h16-20H,4-15H2,1-3H3. The van der Waals surface area contributed by atoms with Gasteiger partial charge in [-0.1, -0.05) is 72.1 Å². The summed E-state index contributed by atoms with van der Waals surface area (Å²) in [4.78, 5) is 0. The molecule has 0 aliphatic rings. The minimum atomic E-state index is -0.207. The molecule has 0 aliphatic heterocycles. The summed E-state index contributed by atoms with van der Waals surface area (Å²) in [6.07, 6.45) is 12.8. The molecule has 0 aromatic rings. The van der Waals surface area contributed by atoms with Gasteiger partial charge in [-0.15, -0.1) is 0 Å². The average molecular weight is 286 g/mol. The maximum atomic E-state index is 9.90. The zero-order valence-corrected chi connectivity index (χ0v) is 14.1. The molecule has 2 atom stereocenters. The van der Waals surface area contributed by atoms with Gasteiger partial charge in [0.05, 0.1) is 12.2 Å². The predicted molar refractivity (Wildman–Crippen MR) is 87.9 cm³/mol. The van der Waals surface area contributed by atoms with E-state index in [1.807, 2.05) is 0 Å². The van der Waals surface area contributed by atoms with Crippen molar-refractivity contribution in [2.75, 3.05) is 0 Å². The monoisotopic (exact) mass is 286 g/mol. The van der Waals surface area contributed by atoms with Crippen molar-refractivity contribution in [3.63, 3.8) is 0 Å². The normalized spacial score (nSPS) is 14.7. The second-order valence-corrected chi connectivity index (χ2v) is 6.77. The predicted octanol–water partition coefficient (Wildman–Crippen LogP) is 5.07. The summed E-state index contributed by atoms with van der Waals surface area (Å²) in [6.45, 7) is 6.72. The second-order valence-electron chi connectivity index (χ2n) is 6.77. The van der Waals surface area contributed by atoms with Crippen molar-refractivity contribution in [2.24, 2.45) is 5.92 Å². The molecule has 0 bridgehead atoms. The topological polar surface area (TPSA) is 40.5 Å². The number of aliphatic hydroxyl groups excluding tert-OH is 2. The summed E-state index contributed by atoms with van der Waals surface area (Å²) >= 11 is 0. The van der Waals surface area contributed by atoms with Crippen LogP contribution in [0.5, 0.6) is 0 Å². The van der Waals surface area contributed by atoms with Crippen molar-refractivity contribution in [3.05, 3.63) is 0 Å². The lowest BCUT2D eigenvalue weighted by Gasteiger charge is -2.14. The highest BCUT2D eigenvalue weighted by Gasteiger charge is 2.09. The van der Waals surface area contributed by atoms with E-state index < -0.39 is 0 Å². The minimum Gasteiger partial charge on any atom is -0.393 e. The fraction of sp³-hybridized carbons (Fsp3) is 1.00. The van der Waals surface area contributed by atoms with E-state index in [1.165, 1.54) is 38.5 Å². The van der Waals surface area contributed by atoms with E-state index in [2.05, 4.69) is 20.8 Å². The third-order valence-corrected chi connectivity index (χ3v) is 4.04. The van der Waals surface area contributed by atoms with Gasteiger partial charge in [0.25, 0.3) is 0 Å². The van der Waals surface area contributed by atoms with Crippen LogP contribution in [0.25, 0.3) is 0 Å². The summed E-state index contributed by atoms with van der Waals surface area (Å²) < 4.78 is 0. The summed E-state index contributed by atoms with van der Waals surface area (Å²) in [5.74, 6) is 0.815. The Hall–Kier alpha value is -0.0800. The Kier molecular flexibility index (Phi) is 13.8. The van der Waals surface area contributed by atoms with Gasteiger partial charge in [0, 0.05) is 0 Å². The number of hydrogen-bond acceptors (Lipinski definition) is 2. The maximum absolute atomic E-state index is 9.90. The number of unbranched alkanes of at least 4 members (excludes halogenated alkanes) is 5. The van der Waals surface area contributed by atoms with E-state index in [0.717, 1.165) is 44.4 Å². The molecule has 2 unspecified atom stereocenters. The van der Waals surface area contributed by atoms with Gasteiger partial charge in [-0.3, -0.25) is 0 Å². The molecule has 0 heterocycles. The molecule has 0 aromatic carbocycles. The molecule has 0 fully saturated rings. The average Bonchev–Trinajstić information content (AvgIpc) is 2.40. The molecule has 0 aliphatic carbocycles. The molecule has 0 amide bonds. The molecule has 0 aromatic heterocycles. The SMILES string of the molecule is CCCCCC(O)CCC(O)CCCCCCC(C)C. The highest BCUT2D eigenvalue weighted by atomic mass is 16.3. The molecule has 20 heavy (non-hydrogen) atoms. The van der Waals surface area contributed by atoms with Crippen molar-refractivity contribution < 1.29 is 10.2 Å². The van der Waals surface area contributed by atoms with Gasteiger partial charge in [0.1, 0.15) is 0 Å². The lowest BCUT2D eigenvalue weighted by Crippen LogP contribution is -2.13. The summed E-state index contributed by atoms with van der Waals surface area (Å²) in [5, 5.41) is 19.7. The van der Waals surface area contributed by atoms with E-state index in [-0.39, 0.29) is 12.2 Å². The van der Waals surface area contributed by atoms with Gasteiger partial charge < -0.3 is 10.2 Å². The Labute approximate surface area is 127 Å². The van der Waals surface area contributed by atoms with Crippen molar-refractivity contribution in [3.8, 4) is 0 Å². The van der Waals surface area contributed by atoms with Crippen LogP contribution in [0.15, 0.2) is 0 Å². The summed E-state index contributed by atoms with van der Waals surface area (Å²) in [6, 6.07) is 0. The Morgan fingerprint density at radius 2 is 1.05 bits per heavy atom. The van der Waals surface area contributed by atoms with Crippen molar-refractivity contribution in [1.29, 1.82) is 0 Å². The highest BCUT2D eigenvalue weighted by Crippen LogP contribution is 2.15. The Bertz CT molecular complexity index is 192. The largest absolute Gasteiger partial charge is 0.393 e. The molecule has 0 spiro atoms. The number of aliphatic hydroxyl groups is 2. The van der Waals surface area contributed by atoms with Crippen molar-refractivity contribution >= 4 is 0 Å². The van der Waals surface area contributed by atoms with Crippen LogP contribution in [0.2, 0.25) is 0 Å². The van der Waals surface area contributed by atoms with Gasteiger partial charge in [0.15, 0.2) is 0 Å². The van der Waals surface area contributed by atoms with Crippen LogP contribution in [-0.4, -0.2) is 22.4 Å². The lowest BCUT2D eigenvalue weighted by molar-refractivity contribution is 0.101.